The van der Waals surface area contributed by atoms with Gasteiger partial charge in [-0.25, -0.2) is 4.99 Å². The molecule has 1 aromatic rings. The molecular formula is C18H31IN4. The van der Waals surface area contributed by atoms with Gasteiger partial charge >= 0.3 is 0 Å². The second-order valence-corrected chi connectivity index (χ2v) is 5.94. The van der Waals surface area contributed by atoms with Crippen molar-refractivity contribution in [2.75, 3.05) is 26.2 Å². The van der Waals surface area contributed by atoms with Gasteiger partial charge in [-0.05, 0) is 38.3 Å². The third kappa shape index (κ3) is 7.52. The summed E-state index contributed by atoms with van der Waals surface area (Å²) in [7, 11) is 0. The summed E-state index contributed by atoms with van der Waals surface area (Å²) >= 11 is 0. The fourth-order valence-corrected chi connectivity index (χ4v) is 2.88. The number of likely N-dealkylation sites (tertiary alicyclic amines) is 1. The van der Waals surface area contributed by atoms with Gasteiger partial charge in [0.2, 0.25) is 0 Å². The van der Waals surface area contributed by atoms with Crippen molar-refractivity contribution < 1.29 is 0 Å². The van der Waals surface area contributed by atoms with E-state index in [-0.39, 0.29) is 24.0 Å². The zero-order valence-corrected chi connectivity index (χ0v) is 16.8. The molecule has 4 nitrogen and oxygen atoms in total. The molecule has 1 saturated heterocycles. The van der Waals surface area contributed by atoms with Gasteiger partial charge in [-0.3, -0.25) is 0 Å². The Morgan fingerprint density at radius 2 is 1.87 bits per heavy atom. The van der Waals surface area contributed by atoms with Crippen LogP contribution < -0.4 is 10.6 Å². The van der Waals surface area contributed by atoms with Gasteiger partial charge in [0.05, 0.1) is 6.54 Å². The number of halogens is 1. The number of hydrogen-bond acceptors (Lipinski definition) is 2. The average Bonchev–Trinajstić information content (AvgIpc) is 2.56. The maximum Gasteiger partial charge on any atom is 0.191 e. The Kier molecular flexibility index (Phi) is 10.3. The second-order valence-electron chi connectivity index (χ2n) is 5.94. The van der Waals surface area contributed by atoms with Crippen molar-refractivity contribution in [3.63, 3.8) is 0 Å². The van der Waals surface area contributed by atoms with Gasteiger partial charge in [0.25, 0.3) is 0 Å². The van der Waals surface area contributed by atoms with Gasteiger partial charge < -0.3 is 15.5 Å². The van der Waals surface area contributed by atoms with E-state index in [2.05, 4.69) is 53.6 Å². The normalized spacial score (nSPS) is 16.7. The number of nitrogens with zero attached hydrogens (tertiary/aromatic N) is 2. The number of hydrogen-bond donors (Lipinski definition) is 2. The zero-order valence-electron chi connectivity index (χ0n) is 14.4. The van der Waals surface area contributed by atoms with E-state index in [4.69, 9.17) is 4.99 Å². The lowest BCUT2D eigenvalue weighted by atomic mass is 10.1. The first-order chi connectivity index (χ1) is 10.8. The van der Waals surface area contributed by atoms with E-state index < -0.39 is 0 Å². The fraction of sp³-hybridized carbons (Fsp3) is 0.611. The SMILES string of the molecule is CCCN1CCC(NC(=NCc2ccccc2)NCC)CC1.I. The molecule has 0 aliphatic carbocycles. The Bertz CT molecular complexity index is 442. The van der Waals surface area contributed by atoms with Crippen molar-refractivity contribution in [2.45, 2.75) is 45.7 Å². The third-order valence-corrected chi connectivity index (χ3v) is 4.08. The average molecular weight is 430 g/mol. The van der Waals surface area contributed by atoms with Gasteiger partial charge in [0, 0.05) is 25.7 Å². The van der Waals surface area contributed by atoms with Crippen LogP contribution in [0.25, 0.3) is 0 Å². The van der Waals surface area contributed by atoms with Crippen LogP contribution in [-0.2, 0) is 6.54 Å². The van der Waals surface area contributed by atoms with Crippen LogP contribution in [0.3, 0.4) is 0 Å². The summed E-state index contributed by atoms with van der Waals surface area (Å²) in [4.78, 5) is 7.28. The first-order valence-corrected chi connectivity index (χ1v) is 8.63. The molecule has 1 heterocycles. The number of guanidine groups is 1. The summed E-state index contributed by atoms with van der Waals surface area (Å²) in [5.74, 6) is 0.945. The zero-order chi connectivity index (χ0) is 15.6. The van der Waals surface area contributed by atoms with E-state index in [1.807, 2.05) is 6.07 Å². The van der Waals surface area contributed by atoms with Crippen LogP contribution >= 0.6 is 24.0 Å². The largest absolute Gasteiger partial charge is 0.357 e. The molecule has 23 heavy (non-hydrogen) atoms. The first-order valence-electron chi connectivity index (χ1n) is 8.63. The number of benzene rings is 1. The molecule has 2 N–H and O–H groups in total. The molecule has 1 fully saturated rings. The van der Waals surface area contributed by atoms with Crippen LogP contribution in [-0.4, -0.2) is 43.1 Å². The van der Waals surface area contributed by atoms with E-state index in [9.17, 15) is 0 Å². The van der Waals surface area contributed by atoms with Crippen molar-refractivity contribution in [3.05, 3.63) is 35.9 Å². The summed E-state index contributed by atoms with van der Waals surface area (Å²) in [6.45, 7) is 9.62. The summed E-state index contributed by atoms with van der Waals surface area (Å²) < 4.78 is 0. The van der Waals surface area contributed by atoms with Gasteiger partial charge in [-0.15, -0.1) is 24.0 Å². The van der Waals surface area contributed by atoms with E-state index >= 15 is 0 Å². The maximum absolute atomic E-state index is 4.71. The molecule has 1 aromatic carbocycles. The fourth-order valence-electron chi connectivity index (χ4n) is 2.88. The lowest BCUT2D eigenvalue weighted by Crippen LogP contribution is -2.48. The molecule has 1 aliphatic heterocycles. The van der Waals surface area contributed by atoms with Gasteiger partial charge in [0.1, 0.15) is 0 Å². The Labute approximate surface area is 158 Å². The van der Waals surface area contributed by atoms with Crippen molar-refractivity contribution in [3.8, 4) is 0 Å². The Hall–Kier alpha value is -0.820. The topological polar surface area (TPSA) is 39.7 Å². The molecule has 0 unspecified atom stereocenters. The van der Waals surface area contributed by atoms with E-state index in [1.54, 1.807) is 0 Å². The number of rotatable bonds is 6. The monoisotopic (exact) mass is 430 g/mol. The maximum atomic E-state index is 4.71. The van der Waals surface area contributed by atoms with E-state index in [0.717, 1.165) is 19.0 Å². The molecule has 0 aromatic heterocycles. The van der Waals surface area contributed by atoms with Crippen LogP contribution in [0.5, 0.6) is 0 Å². The van der Waals surface area contributed by atoms with Gasteiger partial charge in [0.15, 0.2) is 5.96 Å². The van der Waals surface area contributed by atoms with Crippen LogP contribution in [0.4, 0.5) is 0 Å². The van der Waals surface area contributed by atoms with Crippen LogP contribution in [0.1, 0.15) is 38.7 Å². The minimum Gasteiger partial charge on any atom is -0.357 e. The number of piperidine rings is 1. The third-order valence-electron chi connectivity index (χ3n) is 4.08. The summed E-state index contributed by atoms with van der Waals surface area (Å²) in [5, 5.41) is 6.96. The van der Waals surface area contributed by atoms with Crippen LogP contribution in [0, 0.1) is 0 Å². The highest BCUT2D eigenvalue weighted by Crippen LogP contribution is 2.10. The van der Waals surface area contributed by atoms with Crippen molar-refractivity contribution >= 4 is 29.9 Å². The predicted octanol–water partition coefficient (Wildman–Crippen LogP) is 3.23. The summed E-state index contributed by atoms with van der Waals surface area (Å²) in [5.41, 5.74) is 1.25. The summed E-state index contributed by atoms with van der Waals surface area (Å²) in [6.07, 6.45) is 3.66. The lowest BCUT2D eigenvalue weighted by molar-refractivity contribution is 0.206. The van der Waals surface area contributed by atoms with Crippen molar-refractivity contribution in [1.29, 1.82) is 0 Å². The molecule has 5 heteroatoms. The Morgan fingerprint density at radius 3 is 2.48 bits per heavy atom. The van der Waals surface area contributed by atoms with Gasteiger partial charge in [-0.1, -0.05) is 37.3 Å². The van der Waals surface area contributed by atoms with Crippen LogP contribution in [0.2, 0.25) is 0 Å². The molecule has 0 atom stereocenters. The highest BCUT2D eigenvalue weighted by Gasteiger charge is 2.19. The highest BCUT2D eigenvalue weighted by molar-refractivity contribution is 14.0. The molecule has 0 amide bonds. The minimum absolute atomic E-state index is 0. The molecule has 0 saturated carbocycles. The van der Waals surface area contributed by atoms with Crippen LogP contribution in [0.15, 0.2) is 35.3 Å². The Morgan fingerprint density at radius 1 is 1.17 bits per heavy atom. The first kappa shape index (κ1) is 20.2. The molecule has 2 rings (SSSR count). The van der Waals surface area contributed by atoms with E-state index in [0.29, 0.717) is 6.04 Å². The molecule has 130 valence electrons. The quantitative estimate of drug-likeness (QED) is 0.414. The highest BCUT2D eigenvalue weighted by atomic mass is 127. The summed E-state index contributed by atoms with van der Waals surface area (Å²) in [6, 6.07) is 11.0. The van der Waals surface area contributed by atoms with Crippen molar-refractivity contribution in [2.24, 2.45) is 4.99 Å². The van der Waals surface area contributed by atoms with Gasteiger partial charge in [-0.2, -0.15) is 0 Å². The smallest absolute Gasteiger partial charge is 0.191 e. The lowest BCUT2D eigenvalue weighted by Gasteiger charge is -2.32. The Balaban J connectivity index is 0.00000264. The molecule has 0 radical (unpaired) electrons. The molecular weight excluding hydrogens is 399 g/mol. The minimum atomic E-state index is 0. The standard InChI is InChI=1S/C18H30N4.HI/c1-3-12-22-13-10-17(11-14-22)21-18(19-4-2)20-15-16-8-6-5-7-9-16;/h5-9,17H,3-4,10-15H2,1-2H3,(H2,19,20,21);1H. The molecule has 0 bridgehead atoms. The number of aliphatic imine (C=N–C) groups is 1. The molecule has 1 aliphatic rings. The molecule has 0 spiro atoms. The predicted molar refractivity (Wildman–Crippen MR) is 110 cm³/mol. The van der Waals surface area contributed by atoms with Crippen molar-refractivity contribution in [1.82, 2.24) is 15.5 Å². The second kappa shape index (κ2) is 11.7. The van der Waals surface area contributed by atoms with E-state index in [1.165, 1.54) is 44.5 Å². The number of nitrogens with one attached hydrogen (secondary N) is 2.